The van der Waals surface area contributed by atoms with Crippen molar-refractivity contribution in [2.75, 3.05) is 33.3 Å². The average Bonchev–Trinajstić information content (AvgIpc) is 2.80. The number of carbonyl (C=O) groups is 1. The minimum atomic E-state index is -3.77. The van der Waals surface area contributed by atoms with Crippen LogP contribution in [0, 0.1) is 0 Å². The van der Waals surface area contributed by atoms with Gasteiger partial charge in [0.15, 0.2) is 12.4 Å². The molecule has 0 aromatic rings. The Kier molecular flexibility index (Phi) is 7.97. The van der Waals surface area contributed by atoms with Crippen LogP contribution in [0.1, 0.15) is 0 Å². The normalized spacial score (nSPS) is 27.5. The Hall–Kier alpha value is -0.660. The van der Waals surface area contributed by atoms with Crippen LogP contribution in [0.2, 0.25) is 0 Å². The van der Waals surface area contributed by atoms with Crippen LogP contribution in [0.4, 0.5) is 4.79 Å². The van der Waals surface area contributed by atoms with Crippen molar-refractivity contribution in [1.29, 1.82) is 0 Å². The lowest BCUT2D eigenvalue weighted by Crippen LogP contribution is -2.49. The second kappa shape index (κ2) is 8.99. The summed E-state index contributed by atoms with van der Waals surface area (Å²) >= 11 is 6.35. The molecular weight excluding hydrogens is 370 g/mol. The highest BCUT2D eigenvalue weighted by atomic mass is 32.2. The van der Waals surface area contributed by atoms with Crippen molar-refractivity contribution in [3.63, 3.8) is 0 Å². The molecule has 1 heterocycles. The molecule has 0 saturated carbocycles. The number of thioether (sulfide) groups is 1. The topological polar surface area (TPSA) is 109 Å². The lowest BCUT2D eigenvalue weighted by molar-refractivity contribution is -0.149. The van der Waals surface area contributed by atoms with Gasteiger partial charge in [-0.25, -0.2) is 4.79 Å². The summed E-state index contributed by atoms with van der Waals surface area (Å²) in [6.45, 7) is -0.190. The van der Waals surface area contributed by atoms with Gasteiger partial charge in [0.25, 0.3) is 10.1 Å². The first-order chi connectivity index (χ1) is 10.7. The van der Waals surface area contributed by atoms with Crippen LogP contribution in [0.25, 0.3) is 0 Å². The number of nitrogens with one attached hydrogen (secondary N) is 1. The second-order valence-corrected chi connectivity index (χ2v) is 7.55. The Morgan fingerprint density at radius 3 is 2.52 bits per heavy atom. The van der Waals surface area contributed by atoms with Crippen LogP contribution in [-0.2, 0) is 33.2 Å². The average molecular weight is 389 g/mol. The first-order valence-corrected chi connectivity index (χ1v) is 9.78. The number of methoxy groups -OCH3 is 2. The van der Waals surface area contributed by atoms with Gasteiger partial charge in [0, 0.05) is 7.11 Å². The Balaban J connectivity index is 2.94. The van der Waals surface area contributed by atoms with Gasteiger partial charge in [0.05, 0.1) is 19.4 Å². The predicted octanol–water partition coefficient (Wildman–Crippen LogP) is 0.0916. The SMILES string of the molecule is COC(=O)OCC1OC(OC)C(OS(C)(=O)=O)C1NC(=S)SC. The van der Waals surface area contributed by atoms with Crippen LogP contribution >= 0.6 is 24.0 Å². The van der Waals surface area contributed by atoms with Gasteiger partial charge in [-0.05, 0) is 6.26 Å². The van der Waals surface area contributed by atoms with Crippen molar-refractivity contribution >= 4 is 44.6 Å². The van der Waals surface area contributed by atoms with Gasteiger partial charge in [-0.3, -0.25) is 4.18 Å². The summed E-state index contributed by atoms with van der Waals surface area (Å²) in [7, 11) is -1.25. The number of carbonyl (C=O) groups excluding carboxylic acids is 1. The smallest absolute Gasteiger partial charge is 0.438 e. The van der Waals surface area contributed by atoms with E-state index in [-0.39, 0.29) is 6.61 Å². The predicted molar refractivity (Wildman–Crippen MR) is 86.8 cm³/mol. The largest absolute Gasteiger partial charge is 0.508 e. The maximum absolute atomic E-state index is 11.5. The fourth-order valence-electron chi connectivity index (χ4n) is 1.93. The third kappa shape index (κ3) is 6.39. The molecule has 0 aliphatic carbocycles. The number of thiocarbonyl (C=S) groups is 1. The molecule has 0 spiro atoms. The molecule has 1 fully saturated rings. The van der Waals surface area contributed by atoms with Crippen molar-refractivity contribution in [3.8, 4) is 0 Å². The third-order valence-electron chi connectivity index (χ3n) is 2.85. The summed E-state index contributed by atoms with van der Waals surface area (Å²) in [6.07, 6.45) is -0.922. The highest BCUT2D eigenvalue weighted by Crippen LogP contribution is 2.27. The molecule has 0 aromatic heterocycles. The molecule has 0 amide bonds. The van der Waals surface area contributed by atoms with E-state index < -0.39 is 40.8 Å². The molecule has 1 aliphatic rings. The van der Waals surface area contributed by atoms with Crippen molar-refractivity contribution in [2.45, 2.75) is 24.5 Å². The van der Waals surface area contributed by atoms with E-state index in [4.69, 9.17) is 30.6 Å². The van der Waals surface area contributed by atoms with Crippen molar-refractivity contribution in [2.24, 2.45) is 0 Å². The lowest BCUT2D eigenvalue weighted by atomic mass is 10.1. The fourth-order valence-corrected chi connectivity index (χ4v) is 2.94. The minimum Gasteiger partial charge on any atom is -0.438 e. The molecule has 0 radical (unpaired) electrons. The molecule has 23 heavy (non-hydrogen) atoms. The minimum absolute atomic E-state index is 0.190. The van der Waals surface area contributed by atoms with E-state index >= 15 is 0 Å². The lowest BCUT2D eigenvalue weighted by Gasteiger charge is -2.24. The Labute approximate surface area is 144 Å². The molecular formula is C11H19NO8S3. The van der Waals surface area contributed by atoms with E-state index in [2.05, 4.69) is 10.1 Å². The molecule has 4 unspecified atom stereocenters. The molecule has 9 nitrogen and oxygen atoms in total. The van der Waals surface area contributed by atoms with Gasteiger partial charge in [0.1, 0.15) is 17.0 Å². The van der Waals surface area contributed by atoms with E-state index in [0.717, 1.165) is 6.26 Å². The molecule has 1 N–H and O–H groups in total. The summed E-state index contributed by atoms with van der Waals surface area (Å²) in [6, 6.07) is -0.695. The van der Waals surface area contributed by atoms with Gasteiger partial charge < -0.3 is 24.3 Å². The zero-order valence-electron chi connectivity index (χ0n) is 13.0. The highest BCUT2D eigenvalue weighted by Gasteiger charge is 2.48. The van der Waals surface area contributed by atoms with Crippen LogP contribution < -0.4 is 5.32 Å². The summed E-state index contributed by atoms with van der Waals surface area (Å²) in [5.41, 5.74) is 0. The summed E-state index contributed by atoms with van der Waals surface area (Å²) in [4.78, 5) is 11.1. The first kappa shape index (κ1) is 20.4. The quantitative estimate of drug-likeness (QED) is 0.379. The maximum Gasteiger partial charge on any atom is 0.508 e. The van der Waals surface area contributed by atoms with Gasteiger partial charge in [0.2, 0.25) is 0 Å². The number of hydrogen-bond donors (Lipinski definition) is 1. The molecule has 12 heteroatoms. The zero-order chi connectivity index (χ0) is 17.6. The van der Waals surface area contributed by atoms with Gasteiger partial charge >= 0.3 is 6.16 Å². The monoisotopic (exact) mass is 389 g/mol. The summed E-state index contributed by atoms with van der Waals surface area (Å²) < 4.78 is 48.3. The van der Waals surface area contributed by atoms with E-state index in [1.54, 1.807) is 6.26 Å². The molecule has 4 atom stereocenters. The van der Waals surface area contributed by atoms with Crippen LogP contribution in [0.5, 0.6) is 0 Å². The molecule has 0 bridgehead atoms. The summed E-state index contributed by atoms with van der Waals surface area (Å²) in [5, 5.41) is 2.93. The van der Waals surface area contributed by atoms with Gasteiger partial charge in [-0.15, -0.1) is 11.8 Å². The molecule has 1 rings (SSSR count). The maximum atomic E-state index is 11.5. The van der Waals surface area contributed by atoms with Gasteiger partial charge in [-0.1, -0.05) is 12.2 Å². The van der Waals surface area contributed by atoms with Crippen molar-refractivity contribution in [1.82, 2.24) is 5.32 Å². The van der Waals surface area contributed by atoms with E-state index in [0.29, 0.717) is 4.32 Å². The van der Waals surface area contributed by atoms with Crippen LogP contribution in [-0.4, -0.2) is 76.8 Å². The molecule has 1 saturated heterocycles. The number of ether oxygens (including phenoxy) is 4. The Bertz CT molecular complexity index is 525. The molecule has 0 aromatic carbocycles. The van der Waals surface area contributed by atoms with Crippen molar-refractivity contribution < 1.29 is 36.3 Å². The van der Waals surface area contributed by atoms with Crippen LogP contribution in [0.15, 0.2) is 0 Å². The molecule has 134 valence electrons. The third-order valence-corrected chi connectivity index (χ3v) is 4.53. The van der Waals surface area contributed by atoms with Crippen LogP contribution in [0.3, 0.4) is 0 Å². The van der Waals surface area contributed by atoms with E-state index in [9.17, 15) is 13.2 Å². The van der Waals surface area contributed by atoms with Crippen molar-refractivity contribution in [3.05, 3.63) is 0 Å². The Morgan fingerprint density at radius 2 is 2.04 bits per heavy atom. The van der Waals surface area contributed by atoms with E-state index in [1.807, 2.05) is 0 Å². The first-order valence-electron chi connectivity index (χ1n) is 6.33. The standard InChI is InChI=1S/C11H19NO8S3/c1-16-9-8(20-23(4,14)15)7(12-10(21)22-3)6(19-9)5-18-11(13)17-2/h6-9H,5H2,1-4H3,(H,12,21). The molecule has 1 aliphatic heterocycles. The number of rotatable bonds is 6. The van der Waals surface area contributed by atoms with E-state index in [1.165, 1.54) is 26.0 Å². The number of hydrogen-bond acceptors (Lipinski definition) is 10. The fraction of sp³-hybridized carbons (Fsp3) is 0.818. The summed E-state index contributed by atoms with van der Waals surface area (Å²) in [5.74, 6) is 0. The van der Waals surface area contributed by atoms with Gasteiger partial charge in [-0.2, -0.15) is 8.42 Å². The highest BCUT2D eigenvalue weighted by molar-refractivity contribution is 8.22. The zero-order valence-corrected chi connectivity index (χ0v) is 15.5. The Morgan fingerprint density at radius 1 is 1.39 bits per heavy atom. The second-order valence-electron chi connectivity index (χ2n) is 4.47.